The summed E-state index contributed by atoms with van der Waals surface area (Å²) in [5.74, 6) is -2.05. The number of carbonyl (C=O) groups is 2. The van der Waals surface area contributed by atoms with Gasteiger partial charge >= 0.3 is 0 Å². The highest BCUT2D eigenvalue weighted by molar-refractivity contribution is 7.73. The van der Waals surface area contributed by atoms with Crippen LogP contribution in [0.5, 0.6) is 0 Å². The van der Waals surface area contributed by atoms with Crippen LogP contribution in [0.25, 0.3) is 0 Å². The maximum Gasteiger partial charge on any atom is 0.254 e. The summed E-state index contributed by atoms with van der Waals surface area (Å²) in [5, 5.41) is 2.06. The Morgan fingerprint density at radius 1 is 1.29 bits per heavy atom. The van der Waals surface area contributed by atoms with Crippen LogP contribution in [0.1, 0.15) is 0 Å². The summed E-state index contributed by atoms with van der Waals surface area (Å²) in [6.45, 7) is 0. The average Bonchev–Trinajstić information content (AvgIpc) is 2.43. The number of fused-ring (bicyclic) bond motifs is 1. The third-order valence-corrected chi connectivity index (χ3v) is 2.84. The molecule has 1 aliphatic carbocycles. The Hall–Kier alpha value is -1.69. The van der Waals surface area contributed by atoms with Gasteiger partial charge < -0.3 is 0 Å². The van der Waals surface area contributed by atoms with Crippen molar-refractivity contribution in [1.29, 1.82) is 0 Å². The molecule has 6 heteroatoms. The molecule has 14 heavy (non-hydrogen) atoms. The first-order valence-electron chi connectivity index (χ1n) is 3.81. The molecule has 1 N–H and O–H groups in total. The normalized spacial score (nSPS) is 24.4. The molecule has 0 aromatic carbocycles. The Balaban J connectivity index is 2.65. The Kier molecular flexibility index (Phi) is 1.85. The minimum atomic E-state index is -2.47. The Morgan fingerprint density at radius 3 is 2.64 bits per heavy atom. The molecule has 0 spiro atoms. The van der Waals surface area contributed by atoms with Gasteiger partial charge in [0.25, 0.3) is 5.91 Å². The number of hydrogen-bond donors (Lipinski definition) is 1. The largest absolute Gasteiger partial charge is 0.292 e. The van der Waals surface area contributed by atoms with E-state index < -0.39 is 28.0 Å². The summed E-state index contributed by atoms with van der Waals surface area (Å²) in [5.41, 5.74) is 0.191. The second-order valence-electron chi connectivity index (χ2n) is 2.87. The maximum atomic E-state index is 11.2. The molecule has 1 saturated heterocycles. The molecule has 1 heterocycles. The second kappa shape index (κ2) is 2.91. The van der Waals surface area contributed by atoms with Gasteiger partial charge in [0, 0.05) is 5.57 Å². The highest BCUT2D eigenvalue weighted by Crippen LogP contribution is 2.23. The molecule has 5 nitrogen and oxygen atoms in total. The number of nitrogens with one attached hydrogen (secondary N) is 1. The summed E-state index contributed by atoms with van der Waals surface area (Å²) >= 11 is 0. The molecule has 2 aliphatic rings. The van der Waals surface area contributed by atoms with Crippen LogP contribution in [0, 0.1) is 5.92 Å². The van der Waals surface area contributed by atoms with E-state index in [2.05, 4.69) is 5.32 Å². The van der Waals surface area contributed by atoms with Crippen molar-refractivity contribution in [3.8, 4) is 0 Å². The molecular weight excluding hydrogens is 206 g/mol. The quantitative estimate of drug-likeness (QED) is 0.403. The molecule has 2 amide bonds. The van der Waals surface area contributed by atoms with Crippen molar-refractivity contribution < 1.29 is 18.0 Å². The summed E-state index contributed by atoms with van der Waals surface area (Å²) in [7, 11) is -2.47. The molecule has 1 fully saturated rings. The van der Waals surface area contributed by atoms with E-state index in [1.54, 1.807) is 0 Å². The first kappa shape index (κ1) is 8.89. The Labute approximate surface area is 80.6 Å². The standard InChI is InChI=1S/C8H5NO4S/c10-7-4-2-1-3-5(14(12)13)6(4)8(11)9-7/h1-3,6H,(H,9,10,11). The summed E-state index contributed by atoms with van der Waals surface area (Å²) < 4.78 is 21.5. The van der Waals surface area contributed by atoms with Gasteiger partial charge in [-0.2, -0.15) is 8.42 Å². The zero-order valence-electron chi connectivity index (χ0n) is 6.85. The predicted octanol–water partition coefficient (Wildman–Crippen LogP) is -1.19. The minimum Gasteiger partial charge on any atom is -0.292 e. The number of carbonyl (C=O) groups excluding carboxylic acids is 2. The summed E-state index contributed by atoms with van der Waals surface area (Å²) in [6.07, 6.45) is 4.20. The van der Waals surface area contributed by atoms with Crippen molar-refractivity contribution in [2.24, 2.45) is 5.92 Å². The molecule has 0 saturated carbocycles. The van der Waals surface area contributed by atoms with Crippen molar-refractivity contribution >= 4 is 27.0 Å². The van der Waals surface area contributed by atoms with Crippen LogP contribution in [0.15, 0.2) is 23.8 Å². The Bertz CT molecular complexity index is 516. The number of hydrogen-bond acceptors (Lipinski definition) is 4. The Morgan fingerprint density at radius 2 is 2.00 bits per heavy atom. The molecule has 1 atom stereocenters. The molecule has 1 aliphatic heterocycles. The molecule has 0 bridgehead atoms. The molecule has 0 aromatic rings. The molecule has 1 unspecified atom stereocenters. The van der Waals surface area contributed by atoms with Gasteiger partial charge in [-0.15, -0.1) is 0 Å². The van der Waals surface area contributed by atoms with E-state index in [0.717, 1.165) is 0 Å². The minimum absolute atomic E-state index is 0.0640. The van der Waals surface area contributed by atoms with Gasteiger partial charge in [0.1, 0.15) is 5.92 Å². The summed E-state index contributed by atoms with van der Waals surface area (Å²) in [6, 6.07) is 0. The van der Waals surface area contributed by atoms with E-state index in [1.807, 2.05) is 0 Å². The lowest BCUT2D eigenvalue weighted by Gasteiger charge is -2.07. The van der Waals surface area contributed by atoms with E-state index >= 15 is 0 Å². The fourth-order valence-electron chi connectivity index (χ4n) is 1.48. The van der Waals surface area contributed by atoms with E-state index in [0.29, 0.717) is 0 Å². The maximum absolute atomic E-state index is 11.2. The van der Waals surface area contributed by atoms with Gasteiger partial charge in [0.2, 0.25) is 16.2 Å². The average molecular weight is 211 g/mol. The first-order valence-corrected chi connectivity index (χ1v) is 4.88. The highest BCUT2D eigenvalue weighted by Gasteiger charge is 2.40. The van der Waals surface area contributed by atoms with Gasteiger partial charge in [0.05, 0.1) is 4.86 Å². The zero-order valence-corrected chi connectivity index (χ0v) is 7.67. The third-order valence-electron chi connectivity index (χ3n) is 2.09. The van der Waals surface area contributed by atoms with Crippen molar-refractivity contribution in [3.63, 3.8) is 0 Å². The SMILES string of the molecule is O=C1NC(=O)C2C1=CC=CC2=S(=O)=O. The fraction of sp³-hybridized carbons (Fsp3) is 0.125. The second-order valence-corrected chi connectivity index (χ2v) is 3.81. The van der Waals surface area contributed by atoms with Crippen molar-refractivity contribution in [1.82, 2.24) is 5.32 Å². The van der Waals surface area contributed by atoms with E-state index in [-0.39, 0.29) is 10.4 Å². The van der Waals surface area contributed by atoms with Gasteiger partial charge in [0.15, 0.2) is 0 Å². The van der Waals surface area contributed by atoms with Crippen LogP contribution in [0.2, 0.25) is 0 Å². The lowest BCUT2D eigenvalue weighted by atomic mass is 9.94. The van der Waals surface area contributed by atoms with E-state index in [1.165, 1.54) is 18.2 Å². The number of imide groups is 1. The van der Waals surface area contributed by atoms with Crippen LogP contribution in [0.4, 0.5) is 0 Å². The molecular formula is C8H5NO4S. The third kappa shape index (κ3) is 1.12. The van der Waals surface area contributed by atoms with Crippen LogP contribution in [-0.2, 0) is 19.9 Å². The van der Waals surface area contributed by atoms with Gasteiger partial charge in [-0.05, 0) is 6.08 Å². The number of allylic oxidation sites excluding steroid dienone is 3. The van der Waals surface area contributed by atoms with Crippen molar-refractivity contribution in [2.45, 2.75) is 0 Å². The van der Waals surface area contributed by atoms with Crippen molar-refractivity contribution in [2.75, 3.05) is 0 Å². The zero-order chi connectivity index (χ0) is 10.3. The summed E-state index contributed by atoms with van der Waals surface area (Å²) in [4.78, 5) is 22.3. The number of rotatable bonds is 0. The van der Waals surface area contributed by atoms with Gasteiger partial charge in [-0.25, -0.2) is 0 Å². The fourth-order valence-corrected chi connectivity index (χ4v) is 2.09. The first-order chi connectivity index (χ1) is 6.61. The predicted molar refractivity (Wildman–Crippen MR) is 47.8 cm³/mol. The van der Waals surface area contributed by atoms with Crippen molar-refractivity contribution in [3.05, 3.63) is 23.8 Å². The molecule has 0 radical (unpaired) electrons. The van der Waals surface area contributed by atoms with Crippen LogP contribution < -0.4 is 5.32 Å². The topological polar surface area (TPSA) is 80.3 Å². The van der Waals surface area contributed by atoms with E-state index in [4.69, 9.17) is 0 Å². The van der Waals surface area contributed by atoms with Gasteiger partial charge in [-0.3, -0.25) is 14.9 Å². The molecule has 2 rings (SSSR count). The van der Waals surface area contributed by atoms with Crippen LogP contribution >= 0.6 is 0 Å². The highest BCUT2D eigenvalue weighted by atomic mass is 32.2. The molecule has 72 valence electrons. The monoisotopic (exact) mass is 211 g/mol. The molecule has 0 aromatic heterocycles. The van der Waals surface area contributed by atoms with Gasteiger partial charge in [-0.1, -0.05) is 12.2 Å². The lowest BCUT2D eigenvalue weighted by molar-refractivity contribution is -0.124. The number of amides is 2. The van der Waals surface area contributed by atoms with E-state index in [9.17, 15) is 18.0 Å². The lowest BCUT2D eigenvalue weighted by Crippen LogP contribution is -2.26. The smallest absolute Gasteiger partial charge is 0.254 e. The van der Waals surface area contributed by atoms with Crippen LogP contribution in [-0.4, -0.2) is 25.1 Å². The van der Waals surface area contributed by atoms with Crippen LogP contribution in [0.3, 0.4) is 0 Å².